The van der Waals surface area contributed by atoms with E-state index in [1.54, 1.807) is 24.9 Å². The molecular formula is C25H30F2N6OS. The molecule has 0 unspecified atom stereocenters. The molecule has 1 amide bonds. The minimum Gasteiger partial charge on any atom is -0.371 e. The van der Waals surface area contributed by atoms with Gasteiger partial charge >= 0.3 is 0 Å². The van der Waals surface area contributed by atoms with Crippen LogP contribution in [0.15, 0.2) is 24.3 Å². The summed E-state index contributed by atoms with van der Waals surface area (Å²) in [5.41, 5.74) is 3.67. The lowest BCUT2D eigenvalue weighted by atomic mass is 9.93. The van der Waals surface area contributed by atoms with Crippen molar-refractivity contribution in [2.75, 3.05) is 46.0 Å². The van der Waals surface area contributed by atoms with E-state index in [4.69, 9.17) is 0 Å². The summed E-state index contributed by atoms with van der Waals surface area (Å²) in [5.74, 6) is -2.44. The number of nitrogens with zero attached hydrogens (tertiary/aromatic N) is 4. The van der Waals surface area contributed by atoms with Gasteiger partial charge in [0.15, 0.2) is 0 Å². The monoisotopic (exact) mass is 500 g/mol. The van der Waals surface area contributed by atoms with Crippen LogP contribution in [0.4, 0.5) is 31.9 Å². The predicted molar refractivity (Wildman–Crippen MR) is 136 cm³/mol. The molecule has 1 aromatic heterocycles. The highest BCUT2D eigenvalue weighted by Crippen LogP contribution is 2.54. The van der Waals surface area contributed by atoms with Crippen LogP contribution in [0.2, 0.25) is 0 Å². The number of benzene rings is 1. The van der Waals surface area contributed by atoms with Crippen molar-refractivity contribution in [1.29, 1.82) is 0 Å². The summed E-state index contributed by atoms with van der Waals surface area (Å²) in [6.07, 6.45) is 7.47. The first-order valence-electron chi connectivity index (χ1n) is 12.4. The molecule has 35 heavy (non-hydrogen) atoms. The lowest BCUT2D eigenvalue weighted by molar-refractivity contribution is -0.0271. The second-order valence-corrected chi connectivity index (χ2v) is 11.6. The van der Waals surface area contributed by atoms with Gasteiger partial charge in [-0.05, 0) is 81.0 Å². The molecule has 2 saturated carbocycles. The molecule has 7 nitrogen and oxygen atoms in total. The van der Waals surface area contributed by atoms with Crippen LogP contribution in [0.3, 0.4) is 0 Å². The normalized spacial score (nSPS) is 22.0. The molecule has 2 aliphatic carbocycles. The van der Waals surface area contributed by atoms with E-state index in [1.807, 2.05) is 12.1 Å². The molecule has 10 heteroatoms. The first-order valence-corrected chi connectivity index (χ1v) is 13.3. The van der Waals surface area contributed by atoms with Gasteiger partial charge in [0.25, 0.3) is 11.8 Å². The maximum absolute atomic E-state index is 13.4. The van der Waals surface area contributed by atoms with Crippen molar-refractivity contribution in [1.82, 2.24) is 9.97 Å². The van der Waals surface area contributed by atoms with Gasteiger partial charge in [0.2, 0.25) is 5.95 Å². The van der Waals surface area contributed by atoms with Crippen LogP contribution in [0.1, 0.15) is 54.6 Å². The van der Waals surface area contributed by atoms with E-state index in [-0.39, 0.29) is 11.9 Å². The number of piperidine rings is 1. The van der Waals surface area contributed by atoms with Crippen LogP contribution >= 0.6 is 11.9 Å². The van der Waals surface area contributed by atoms with Crippen molar-refractivity contribution < 1.29 is 13.6 Å². The van der Waals surface area contributed by atoms with Gasteiger partial charge in [0.1, 0.15) is 5.82 Å². The van der Waals surface area contributed by atoms with Crippen molar-refractivity contribution in [3.63, 3.8) is 0 Å². The average molecular weight is 501 g/mol. The molecule has 0 atom stereocenters. The van der Waals surface area contributed by atoms with E-state index in [0.717, 1.165) is 37.3 Å². The van der Waals surface area contributed by atoms with E-state index in [9.17, 15) is 13.6 Å². The van der Waals surface area contributed by atoms with Gasteiger partial charge in [-0.15, -0.1) is 0 Å². The molecule has 3 heterocycles. The first kappa shape index (κ1) is 22.8. The number of anilines is 4. The van der Waals surface area contributed by atoms with Gasteiger partial charge in [-0.25, -0.2) is 13.8 Å². The van der Waals surface area contributed by atoms with E-state index >= 15 is 0 Å². The van der Waals surface area contributed by atoms with Crippen LogP contribution in [0.25, 0.3) is 0 Å². The fourth-order valence-corrected chi connectivity index (χ4v) is 5.68. The zero-order valence-electron chi connectivity index (χ0n) is 19.8. The summed E-state index contributed by atoms with van der Waals surface area (Å²) in [6.45, 7) is 2.85. The van der Waals surface area contributed by atoms with Gasteiger partial charge < -0.3 is 19.8 Å². The van der Waals surface area contributed by atoms with Crippen LogP contribution in [0.5, 0.6) is 0 Å². The van der Waals surface area contributed by atoms with Crippen LogP contribution in [0, 0.1) is 12.3 Å². The van der Waals surface area contributed by atoms with Gasteiger partial charge in [-0.2, -0.15) is 4.98 Å². The molecule has 1 spiro atoms. The topological polar surface area (TPSA) is 73.4 Å². The number of alkyl halides is 2. The average Bonchev–Trinajstić information content (AvgIpc) is 3.74. The van der Waals surface area contributed by atoms with Gasteiger partial charge in [-0.3, -0.25) is 4.79 Å². The molecule has 0 bridgehead atoms. The number of aryl methyl sites for hydroxylation is 1. The number of nitrogens with one attached hydrogen (secondary N) is 2. The minimum atomic E-state index is -2.72. The van der Waals surface area contributed by atoms with Crippen molar-refractivity contribution >= 4 is 41.0 Å². The molecular weight excluding hydrogens is 470 g/mol. The minimum absolute atomic E-state index is 0.217. The Balaban J connectivity index is 1.22. The highest BCUT2D eigenvalue weighted by atomic mass is 32.2. The zero-order valence-corrected chi connectivity index (χ0v) is 20.6. The molecule has 186 valence electrons. The third kappa shape index (κ3) is 5.03. The van der Waals surface area contributed by atoms with E-state index in [2.05, 4.69) is 31.0 Å². The summed E-state index contributed by atoms with van der Waals surface area (Å²) in [6, 6.07) is 7.55. The number of carbonyl (C=O) groups is 1. The van der Waals surface area contributed by atoms with Crippen molar-refractivity contribution in [2.24, 2.45) is 5.41 Å². The molecule has 6 rings (SSSR count). The Labute approximate surface area is 208 Å². The van der Waals surface area contributed by atoms with E-state index in [1.165, 1.54) is 30.6 Å². The van der Waals surface area contributed by atoms with Crippen molar-refractivity contribution in [2.45, 2.75) is 56.6 Å². The zero-order chi connectivity index (χ0) is 24.2. The molecule has 0 radical (unpaired) electrons. The molecule has 1 aromatic carbocycles. The summed E-state index contributed by atoms with van der Waals surface area (Å²) in [4.78, 5) is 25.8. The summed E-state index contributed by atoms with van der Waals surface area (Å²) >= 11 is 1.75. The van der Waals surface area contributed by atoms with Gasteiger partial charge in [0.05, 0.1) is 24.3 Å². The van der Waals surface area contributed by atoms with Crippen LogP contribution in [-0.2, 0) is 0 Å². The number of hydrogen-bond acceptors (Lipinski definition) is 7. The quantitative estimate of drug-likeness (QED) is 0.513. The summed E-state index contributed by atoms with van der Waals surface area (Å²) < 4.78 is 30.1. The lowest BCUT2D eigenvalue weighted by Gasteiger charge is -2.38. The Morgan fingerprint density at radius 2 is 1.80 bits per heavy atom. The number of hydrogen-bond donors (Lipinski definition) is 2. The number of halogens is 2. The Morgan fingerprint density at radius 3 is 2.46 bits per heavy atom. The first-order chi connectivity index (χ1) is 16.8. The maximum atomic E-state index is 13.4. The summed E-state index contributed by atoms with van der Waals surface area (Å²) in [7, 11) is 0. The third-order valence-corrected chi connectivity index (χ3v) is 8.60. The molecule has 4 fully saturated rings. The van der Waals surface area contributed by atoms with Crippen LogP contribution < -0.4 is 19.8 Å². The maximum Gasteiger partial charge on any atom is 0.282 e. The molecule has 2 saturated heterocycles. The van der Waals surface area contributed by atoms with E-state index in [0.29, 0.717) is 27.7 Å². The Kier molecular flexibility index (Phi) is 5.54. The highest BCUT2D eigenvalue weighted by molar-refractivity contribution is 8.01. The van der Waals surface area contributed by atoms with Crippen LogP contribution in [-0.4, -0.2) is 53.2 Å². The molecule has 2 N–H and O–H groups in total. The lowest BCUT2D eigenvalue weighted by Crippen LogP contribution is -2.57. The standard InChI is InChI=1S/C25H30F2N6OS/c1-16-12-21(30-23(28-16)33-14-25(26,27)15-33)29-22(34)19-5-2-17(31-35-18-3-4-18)13-20(19)32-10-8-24(6-7-24)9-11-32/h2,5,12-13,18,31H,3-4,6-11,14-15H2,1H3,(H,28,29,30,34). The Bertz CT molecular complexity index is 1130. The van der Waals surface area contributed by atoms with Crippen molar-refractivity contribution in [3.8, 4) is 0 Å². The highest BCUT2D eigenvalue weighted by Gasteiger charge is 2.46. The third-order valence-electron chi connectivity index (χ3n) is 7.44. The van der Waals surface area contributed by atoms with Crippen molar-refractivity contribution in [3.05, 3.63) is 35.5 Å². The van der Waals surface area contributed by atoms with Gasteiger partial charge in [-0.1, -0.05) is 0 Å². The smallest absolute Gasteiger partial charge is 0.282 e. The molecule has 4 aliphatic rings. The number of amides is 1. The van der Waals surface area contributed by atoms with E-state index < -0.39 is 19.0 Å². The second-order valence-electron chi connectivity index (χ2n) is 10.5. The summed E-state index contributed by atoms with van der Waals surface area (Å²) in [5, 5.41) is 3.57. The Morgan fingerprint density at radius 1 is 1.06 bits per heavy atom. The SMILES string of the molecule is Cc1cc(NC(=O)c2ccc(NSC3CC3)cc2N2CCC3(CC2)CC3)nc(N2CC(F)(F)C2)n1. The fraction of sp³-hybridized carbons (Fsp3) is 0.560. The Hall–Kier alpha value is -2.62. The van der Waals surface area contributed by atoms with Gasteiger partial charge in [0, 0.05) is 35.8 Å². The number of aromatic nitrogens is 2. The fourth-order valence-electron chi connectivity index (χ4n) is 4.88. The number of rotatable bonds is 7. The largest absolute Gasteiger partial charge is 0.371 e. The molecule has 2 aliphatic heterocycles. The number of carbonyl (C=O) groups excluding carboxylic acids is 1. The second kappa shape index (κ2) is 8.50. The predicted octanol–water partition coefficient (Wildman–Crippen LogP) is 5.10. The molecule has 2 aromatic rings.